The van der Waals surface area contributed by atoms with Gasteiger partial charge in [0.05, 0.1) is 12.3 Å². The first-order chi connectivity index (χ1) is 9.04. The van der Waals surface area contributed by atoms with Gasteiger partial charge in [0.25, 0.3) is 5.56 Å². The molecule has 100 valence electrons. The average Bonchev–Trinajstić information content (AvgIpc) is 2.38. The monoisotopic (exact) mass is 284 g/mol. The van der Waals surface area contributed by atoms with Crippen molar-refractivity contribution in [2.45, 2.75) is 6.61 Å². The van der Waals surface area contributed by atoms with Crippen molar-refractivity contribution in [2.24, 2.45) is 0 Å². The van der Waals surface area contributed by atoms with E-state index in [2.05, 4.69) is 4.98 Å². The van der Waals surface area contributed by atoms with Crippen molar-refractivity contribution >= 4 is 11.6 Å². The number of halogens is 2. The van der Waals surface area contributed by atoms with Gasteiger partial charge >= 0.3 is 5.69 Å². The number of hydrogen-bond acceptors (Lipinski definition) is 3. The highest BCUT2D eigenvalue weighted by atomic mass is 35.5. The van der Waals surface area contributed by atoms with E-state index in [1.807, 2.05) is 0 Å². The first-order valence-corrected chi connectivity index (χ1v) is 5.71. The van der Waals surface area contributed by atoms with E-state index >= 15 is 0 Å². The van der Waals surface area contributed by atoms with E-state index in [1.54, 1.807) is 19.2 Å². The highest BCUT2D eigenvalue weighted by Crippen LogP contribution is 2.09. The molecule has 2 aromatic rings. The van der Waals surface area contributed by atoms with Crippen LogP contribution >= 0.6 is 11.6 Å². The molecule has 0 amide bonds. The van der Waals surface area contributed by atoms with Gasteiger partial charge in [0.1, 0.15) is 0 Å². The molecule has 1 N–H and O–H groups in total. The van der Waals surface area contributed by atoms with Crippen LogP contribution < -0.4 is 11.2 Å². The minimum Gasteiger partial charge on any atom is -0.380 e. The third-order valence-corrected chi connectivity index (χ3v) is 2.77. The fourth-order valence-corrected chi connectivity index (χ4v) is 1.79. The molecule has 0 radical (unpaired) electrons. The Morgan fingerprint density at radius 1 is 1.32 bits per heavy atom. The lowest BCUT2D eigenvalue weighted by molar-refractivity contribution is 0.185. The minimum atomic E-state index is -1.19. The Bertz CT molecular complexity index is 706. The summed E-state index contributed by atoms with van der Waals surface area (Å²) in [4.78, 5) is 25.4. The number of nitrogens with one attached hydrogen (secondary N) is 1. The molecule has 2 rings (SSSR count). The molecule has 0 aliphatic heterocycles. The number of H-pyrrole nitrogens is 1. The summed E-state index contributed by atoms with van der Waals surface area (Å²) in [6.07, 6.45) is 0. The van der Waals surface area contributed by atoms with Gasteiger partial charge < -0.3 is 4.74 Å². The zero-order chi connectivity index (χ0) is 14.0. The summed E-state index contributed by atoms with van der Waals surface area (Å²) in [5.41, 5.74) is -0.768. The second kappa shape index (κ2) is 5.38. The van der Waals surface area contributed by atoms with Gasteiger partial charge in [-0.2, -0.15) is 4.39 Å². The second-order valence-corrected chi connectivity index (χ2v) is 4.18. The summed E-state index contributed by atoms with van der Waals surface area (Å²) in [6, 6.07) is 6.41. The van der Waals surface area contributed by atoms with Crippen LogP contribution in [0.3, 0.4) is 0 Å². The van der Waals surface area contributed by atoms with Crippen LogP contribution in [-0.2, 0) is 11.3 Å². The van der Waals surface area contributed by atoms with Gasteiger partial charge in [0.15, 0.2) is 5.15 Å². The number of methoxy groups -OCH3 is 1. The number of nitrogens with zero attached hydrogens (tertiary/aromatic N) is 1. The van der Waals surface area contributed by atoms with E-state index in [9.17, 15) is 14.0 Å². The molecule has 0 aliphatic rings. The predicted molar refractivity (Wildman–Crippen MR) is 68.3 cm³/mol. The molecule has 5 nitrogen and oxygen atoms in total. The van der Waals surface area contributed by atoms with E-state index in [0.717, 1.165) is 5.56 Å². The van der Waals surface area contributed by atoms with Gasteiger partial charge in [-0.05, 0) is 17.7 Å². The number of aromatic nitrogens is 2. The molecule has 0 unspecified atom stereocenters. The van der Waals surface area contributed by atoms with Crippen LogP contribution in [0.15, 0.2) is 33.9 Å². The largest absolute Gasteiger partial charge is 0.380 e. The molecular weight excluding hydrogens is 275 g/mol. The van der Waals surface area contributed by atoms with E-state index in [1.165, 1.54) is 12.1 Å². The van der Waals surface area contributed by atoms with Gasteiger partial charge in [-0.15, -0.1) is 0 Å². The molecule has 0 aliphatic carbocycles. The van der Waals surface area contributed by atoms with Gasteiger partial charge in [0, 0.05) is 7.11 Å². The Kier molecular flexibility index (Phi) is 3.82. The topological polar surface area (TPSA) is 64.1 Å². The highest BCUT2D eigenvalue weighted by Gasteiger charge is 2.13. The highest BCUT2D eigenvalue weighted by molar-refractivity contribution is 6.29. The van der Waals surface area contributed by atoms with Gasteiger partial charge in [-0.1, -0.05) is 23.7 Å². The van der Waals surface area contributed by atoms with Crippen LogP contribution in [0, 0.1) is 5.82 Å². The van der Waals surface area contributed by atoms with E-state index < -0.39 is 22.2 Å². The summed E-state index contributed by atoms with van der Waals surface area (Å²) in [5.74, 6) is -1.19. The Balaban J connectivity index is 2.56. The molecule has 0 saturated heterocycles. The van der Waals surface area contributed by atoms with Crippen LogP contribution in [0.5, 0.6) is 0 Å². The maximum atomic E-state index is 13.4. The lowest BCUT2D eigenvalue weighted by Crippen LogP contribution is -2.35. The van der Waals surface area contributed by atoms with E-state index in [0.29, 0.717) is 11.2 Å². The Morgan fingerprint density at radius 3 is 2.53 bits per heavy atom. The maximum absolute atomic E-state index is 13.4. The molecule has 1 aromatic carbocycles. The van der Waals surface area contributed by atoms with Gasteiger partial charge in [-0.3, -0.25) is 9.78 Å². The zero-order valence-corrected chi connectivity index (χ0v) is 10.7. The van der Waals surface area contributed by atoms with Crippen molar-refractivity contribution in [1.82, 2.24) is 9.55 Å². The number of hydrogen-bond donors (Lipinski definition) is 1. The van der Waals surface area contributed by atoms with Crippen molar-refractivity contribution in [2.75, 3.05) is 7.11 Å². The maximum Gasteiger partial charge on any atom is 0.334 e. The molecule has 0 bridgehead atoms. The molecule has 0 fully saturated rings. The lowest BCUT2D eigenvalue weighted by Gasteiger charge is -2.06. The third-order valence-electron chi connectivity index (χ3n) is 2.51. The van der Waals surface area contributed by atoms with Gasteiger partial charge in [-0.25, -0.2) is 9.36 Å². The second-order valence-electron chi connectivity index (χ2n) is 3.80. The van der Waals surface area contributed by atoms with Crippen LogP contribution in [-0.4, -0.2) is 16.7 Å². The molecular formula is C12H10ClFN2O3. The fraction of sp³-hybridized carbons (Fsp3) is 0.167. The molecule has 1 heterocycles. The van der Waals surface area contributed by atoms with E-state index in [4.69, 9.17) is 16.3 Å². The number of rotatable bonds is 3. The zero-order valence-electron chi connectivity index (χ0n) is 9.94. The fourth-order valence-electron chi connectivity index (χ4n) is 1.63. The number of ether oxygens (including phenoxy) is 1. The van der Waals surface area contributed by atoms with Gasteiger partial charge in [0.2, 0.25) is 5.82 Å². The molecule has 7 heteroatoms. The first kappa shape index (κ1) is 13.5. The molecule has 0 saturated carbocycles. The quantitative estimate of drug-likeness (QED) is 0.868. The van der Waals surface area contributed by atoms with Crippen molar-refractivity contribution in [3.05, 3.63) is 61.6 Å². The summed E-state index contributed by atoms with van der Waals surface area (Å²) in [7, 11) is 1.55. The summed E-state index contributed by atoms with van der Waals surface area (Å²) in [5, 5.41) is -0.595. The Labute approximate surface area is 112 Å². The minimum absolute atomic E-state index is 0.252. The number of benzene rings is 1. The van der Waals surface area contributed by atoms with Crippen LogP contribution in [0.1, 0.15) is 5.56 Å². The molecule has 1 aromatic heterocycles. The first-order valence-electron chi connectivity index (χ1n) is 5.33. The van der Waals surface area contributed by atoms with Crippen molar-refractivity contribution in [3.63, 3.8) is 0 Å². The molecule has 19 heavy (non-hydrogen) atoms. The van der Waals surface area contributed by atoms with Crippen LogP contribution in [0.4, 0.5) is 4.39 Å². The summed E-state index contributed by atoms with van der Waals surface area (Å²) >= 11 is 5.38. The molecule has 0 spiro atoms. The Hall–Kier alpha value is -1.92. The summed E-state index contributed by atoms with van der Waals surface area (Å²) in [6.45, 7) is 0.403. The standard InChI is InChI=1S/C12H10ClFN2O3/c1-19-6-7-2-4-8(5-3-7)16-11(17)9(14)10(13)15-12(16)18/h2-5H,6H2,1H3,(H,15,18). The van der Waals surface area contributed by atoms with Crippen molar-refractivity contribution in [3.8, 4) is 5.69 Å². The third kappa shape index (κ3) is 2.59. The summed E-state index contributed by atoms with van der Waals surface area (Å²) < 4.78 is 19.0. The lowest BCUT2D eigenvalue weighted by atomic mass is 10.2. The molecule has 0 atom stereocenters. The smallest absolute Gasteiger partial charge is 0.334 e. The van der Waals surface area contributed by atoms with Crippen LogP contribution in [0.25, 0.3) is 5.69 Å². The average molecular weight is 285 g/mol. The normalized spacial score (nSPS) is 10.7. The van der Waals surface area contributed by atoms with E-state index in [-0.39, 0.29) is 5.69 Å². The van der Waals surface area contributed by atoms with Crippen LogP contribution in [0.2, 0.25) is 5.15 Å². The predicted octanol–water partition coefficient (Wildman–Crippen LogP) is 1.46. The SMILES string of the molecule is COCc1ccc(-n2c(=O)[nH]c(Cl)c(F)c2=O)cc1. The number of aromatic amines is 1. The van der Waals surface area contributed by atoms with Crippen molar-refractivity contribution < 1.29 is 9.13 Å². The van der Waals surface area contributed by atoms with Crippen molar-refractivity contribution in [1.29, 1.82) is 0 Å². The Morgan fingerprint density at radius 2 is 1.95 bits per heavy atom.